The van der Waals surface area contributed by atoms with E-state index in [4.69, 9.17) is 59.9 Å². The van der Waals surface area contributed by atoms with Gasteiger partial charge in [0.05, 0.1) is 19.9 Å². The van der Waals surface area contributed by atoms with Crippen LogP contribution in [0.3, 0.4) is 0 Å². The number of benzene rings is 7. The Morgan fingerprint density at radius 3 is 1.22 bits per heavy atom. The molecule has 9 N–H and O–H groups in total. The van der Waals surface area contributed by atoms with Crippen LogP contribution in [0, 0.1) is 16.2 Å². The third kappa shape index (κ3) is 16.6. The monoisotopic (exact) mass is 1130 g/mol. The Hall–Kier alpha value is -9.38. The molecule has 10 rings (SSSR count). The zero-order chi connectivity index (χ0) is 61.1. The molecule has 17 heteroatoms. The summed E-state index contributed by atoms with van der Waals surface area (Å²) in [4.78, 5) is 10.4. The summed E-state index contributed by atoms with van der Waals surface area (Å²) >= 11 is 0. The second-order valence-corrected chi connectivity index (χ2v) is 19.5. The second kappa shape index (κ2) is 30.4. The van der Waals surface area contributed by atoms with E-state index in [1.165, 1.54) is 6.07 Å². The summed E-state index contributed by atoms with van der Waals surface area (Å²) in [6.07, 6.45) is 0.794. The molecule has 0 aromatic heterocycles. The number of nitrogens with two attached hydrogens (primary N) is 1. The number of carbonyl (C=O) groups is 1. The third-order valence-electron chi connectivity index (χ3n) is 13.0. The fourth-order valence-corrected chi connectivity index (χ4v) is 8.68. The molecule has 1 amide bonds. The standard InChI is InChI=1S/2C19H21NO4.C17H17NO4.C7H7NO.2C2H6/c2*1-11(2)13-8-14(16(21)9-18(13)22-3)15(20)6-12-4-5-17-19(7-12)24-10-23-17;1-9(2)11-6-12(14(20)7-13(11)19)17(18)10-3-4-15-16(5-10)22-8-21-15;8-7(9)6-4-2-1-3-5-6;2*1-2/h2*4-5,7-9,11,20-21H,6,10H2,1-3H3;3-7,9,18-20H,8H2,1-2H3;1-5H,(H2,8,9);2*1-2H3. The Kier molecular flexibility index (Phi) is 23.6. The molecule has 7 aromatic carbocycles. The lowest BCUT2D eigenvalue weighted by molar-refractivity contribution is 0.1000. The highest BCUT2D eigenvalue weighted by atomic mass is 16.7. The summed E-state index contributed by atoms with van der Waals surface area (Å²) in [6, 6.07) is 35.0. The molecule has 3 aliphatic rings. The first-order valence-electron chi connectivity index (χ1n) is 27.4. The van der Waals surface area contributed by atoms with Crippen LogP contribution in [0.25, 0.3) is 0 Å². The number of methoxy groups -OCH3 is 2. The van der Waals surface area contributed by atoms with Crippen molar-refractivity contribution in [2.24, 2.45) is 5.73 Å². The van der Waals surface area contributed by atoms with Gasteiger partial charge in [-0.2, -0.15) is 0 Å². The van der Waals surface area contributed by atoms with Crippen LogP contribution in [-0.4, -0.2) is 78.1 Å². The zero-order valence-electron chi connectivity index (χ0n) is 49.4. The summed E-state index contributed by atoms with van der Waals surface area (Å²) in [5.74, 6) is 5.56. The van der Waals surface area contributed by atoms with E-state index in [1.54, 1.807) is 74.9 Å². The smallest absolute Gasteiger partial charge is 0.248 e. The number of phenolic OH excluding ortho intramolecular Hbond substituents is 4. The fraction of sp³-hybridized carbons (Fsp3) is 0.303. The Labute approximate surface area is 486 Å². The Morgan fingerprint density at radius 1 is 0.458 bits per heavy atom. The number of carbonyl (C=O) groups excluding carboxylic acids is 1. The Bertz CT molecular complexity index is 3240. The number of hydrogen-bond acceptors (Lipinski definition) is 16. The molecule has 0 bridgehead atoms. The van der Waals surface area contributed by atoms with Crippen LogP contribution in [-0.2, 0) is 12.8 Å². The van der Waals surface area contributed by atoms with E-state index in [9.17, 15) is 25.2 Å². The average Bonchev–Trinajstić information content (AvgIpc) is 4.37. The third-order valence-corrected chi connectivity index (χ3v) is 13.0. The zero-order valence-corrected chi connectivity index (χ0v) is 49.4. The molecule has 7 aromatic rings. The maximum atomic E-state index is 10.4. The van der Waals surface area contributed by atoms with E-state index < -0.39 is 0 Å². The van der Waals surface area contributed by atoms with Crippen molar-refractivity contribution in [3.63, 3.8) is 0 Å². The SMILES string of the molecule is CC.CC.CC(C)c1cc(C(=N)c2ccc3c(c2)OCO3)c(O)cc1O.COc1cc(O)c(C(=N)Cc2ccc3c(c2)OCO3)cc1C(C)C.COc1cc(O)c(C(=N)Cc2ccc3c(c2)OCO3)cc1C(C)C.NC(=O)c1ccccc1. The van der Waals surface area contributed by atoms with Gasteiger partial charge in [0.1, 0.15) is 34.5 Å². The normalized spacial score (nSPS) is 11.7. The summed E-state index contributed by atoms with van der Waals surface area (Å²) in [5.41, 5.74) is 12.9. The number of hydrogen-bond donors (Lipinski definition) is 8. The van der Waals surface area contributed by atoms with E-state index in [2.05, 4.69) is 27.7 Å². The van der Waals surface area contributed by atoms with Gasteiger partial charge in [-0.25, -0.2) is 0 Å². The fourth-order valence-electron chi connectivity index (χ4n) is 8.68. The Balaban J connectivity index is 0.000000206. The molecule has 3 aliphatic heterocycles. The summed E-state index contributed by atoms with van der Waals surface area (Å²) < 4.78 is 42.6. The van der Waals surface area contributed by atoms with Crippen molar-refractivity contribution in [1.82, 2.24) is 0 Å². The predicted molar refractivity (Wildman–Crippen MR) is 324 cm³/mol. The maximum Gasteiger partial charge on any atom is 0.248 e. The van der Waals surface area contributed by atoms with Gasteiger partial charge in [-0.15, -0.1) is 0 Å². The second-order valence-electron chi connectivity index (χ2n) is 19.5. The molecule has 0 aliphatic carbocycles. The van der Waals surface area contributed by atoms with E-state index >= 15 is 0 Å². The van der Waals surface area contributed by atoms with Gasteiger partial charge in [0.2, 0.25) is 26.3 Å². The van der Waals surface area contributed by atoms with Gasteiger partial charge >= 0.3 is 0 Å². The molecule has 0 fully saturated rings. The van der Waals surface area contributed by atoms with Gasteiger partial charge in [0.15, 0.2) is 34.5 Å². The molecule has 0 saturated heterocycles. The van der Waals surface area contributed by atoms with Crippen LogP contribution < -0.4 is 43.6 Å². The van der Waals surface area contributed by atoms with Gasteiger partial charge in [-0.1, -0.05) is 99.6 Å². The lowest BCUT2D eigenvalue weighted by Gasteiger charge is -2.16. The van der Waals surface area contributed by atoms with E-state index in [0.717, 1.165) is 33.8 Å². The maximum absolute atomic E-state index is 10.4. The number of ether oxygens (including phenoxy) is 8. The summed E-state index contributed by atoms with van der Waals surface area (Å²) in [6.45, 7) is 20.7. The van der Waals surface area contributed by atoms with Crippen molar-refractivity contribution >= 4 is 23.0 Å². The van der Waals surface area contributed by atoms with Crippen LogP contribution in [0.15, 0.2) is 121 Å². The first-order valence-corrected chi connectivity index (χ1v) is 27.4. The minimum atomic E-state index is -0.379. The van der Waals surface area contributed by atoms with Crippen molar-refractivity contribution in [2.75, 3.05) is 34.6 Å². The minimum absolute atomic E-state index is 0.0368. The van der Waals surface area contributed by atoms with Crippen LogP contribution >= 0.6 is 0 Å². The summed E-state index contributed by atoms with van der Waals surface area (Å²) in [7, 11) is 3.16. The number of amides is 1. The van der Waals surface area contributed by atoms with Crippen molar-refractivity contribution in [3.8, 4) is 69.0 Å². The number of primary amides is 1. The lowest BCUT2D eigenvalue weighted by atomic mass is 9.94. The largest absolute Gasteiger partial charge is 0.508 e. The highest BCUT2D eigenvalue weighted by Crippen LogP contribution is 2.39. The van der Waals surface area contributed by atoms with Crippen LogP contribution in [0.2, 0.25) is 0 Å². The van der Waals surface area contributed by atoms with Gasteiger partial charge in [-0.3, -0.25) is 10.2 Å². The molecule has 3 heterocycles. The van der Waals surface area contributed by atoms with Crippen LogP contribution in [0.1, 0.15) is 147 Å². The van der Waals surface area contributed by atoms with Gasteiger partial charge in [0, 0.05) is 70.3 Å². The van der Waals surface area contributed by atoms with Crippen LogP contribution in [0.4, 0.5) is 0 Å². The quantitative estimate of drug-likeness (QED) is 0.0471. The van der Waals surface area contributed by atoms with Crippen molar-refractivity contribution < 1.29 is 63.1 Å². The van der Waals surface area contributed by atoms with E-state index in [1.807, 2.05) is 96.1 Å². The lowest BCUT2D eigenvalue weighted by Crippen LogP contribution is -2.09. The van der Waals surface area contributed by atoms with Crippen molar-refractivity contribution in [2.45, 2.75) is 99.8 Å². The molecular formula is C66H78N4O13. The van der Waals surface area contributed by atoms with Gasteiger partial charge in [0.25, 0.3) is 0 Å². The van der Waals surface area contributed by atoms with Gasteiger partial charge < -0.3 is 74.9 Å². The molecule has 0 saturated carbocycles. The first-order chi connectivity index (χ1) is 39.8. The number of rotatable bonds is 14. The molecule has 440 valence electrons. The molecule has 83 heavy (non-hydrogen) atoms. The predicted octanol–water partition coefficient (Wildman–Crippen LogP) is 13.9. The topological polar surface area (TPSA) is 269 Å². The van der Waals surface area contributed by atoms with E-state index in [-0.39, 0.29) is 72.7 Å². The van der Waals surface area contributed by atoms with E-state index in [0.29, 0.717) is 92.1 Å². The number of nitrogens with one attached hydrogen (secondary N) is 3. The van der Waals surface area contributed by atoms with Gasteiger partial charge in [-0.05, 0) is 118 Å². The molecule has 0 unspecified atom stereocenters. The highest BCUT2D eigenvalue weighted by Gasteiger charge is 2.22. The molecule has 0 radical (unpaired) electrons. The molecule has 17 nitrogen and oxygen atoms in total. The van der Waals surface area contributed by atoms with Crippen molar-refractivity contribution in [3.05, 3.63) is 177 Å². The van der Waals surface area contributed by atoms with Crippen LogP contribution in [0.5, 0.6) is 69.0 Å². The number of fused-ring (bicyclic) bond motifs is 3. The average molecular weight is 1140 g/mol. The minimum Gasteiger partial charge on any atom is -0.508 e. The number of phenols is 4. The molecule has 0 atom stereocenters. The van der Waals surface area contributed by atoms with Crippen molar-refractivity contribution in [1.29, 1.82) is 16.2 Å². The summed E-state index contributed by atoms with van der Waals surface area (Å²) in [5, 5.41) is 65.6. The first kappa shape index (κ1) is 64.4. The number of aromatic hydroxyl groups is 4. The Morgan fingerprint density at radius 2 is 0.831 bits per heavy atom. The highest BCUT2D eigenvalue weighted by molar-refractivity contribution is 6.13. The molecular weight excluding hydrogens is 1060 g/mol. The molecule has 0 spiro atoms.